The average molecular weight is 302 g/mol. The molecule has 0 saturated carbocycles. The molecule has 2 N–H and O–H groups in total. The van der Waals surface area contributed by atoms with Crippen LogP contribution in [0.1, 0.15) is 11.1 Å². The number of anilines is 1. The molecule has 0 amide bonds. The van der Waals surface area contributed by atoms with Crippen molar-refractivity contribution >= 4 is 17.3 Å². The third-order valence-corrected chi connectivity index (χ3v) is 3.02. The van der Waals surface area contributed by atoms with Gasteiger partial charge in [0.2, 0.25) is 0 Å². The van der Waals surface area contributed by atoms with Crippen molar-refractivity contribution in [3.8, 4) is 5.75 Å². The van der Waals surface area contributed by atoms with Gasteiger partial charge < -0.3 is 10.5 Å². The first-order chi connectivity index (χ1) is 9.38. The predicted molar refractivity (Wildman–Crippen MR) is 71.6 cm³/mol. The van der Waals surface area contributed by atoms with Crippen LogP contribution in [-0.2, 0) is 12.8 Å². The molecule has 0 heterocycles. The molecule has 0 atom stereocenters. The second-order valence-electron chi connectivity index (χ2n) is 4.13. The molecule has 2 aromatic rings. The lowest BCUT2D eigenvalue weighted by atomic mass is 10.1. The molecule has 0 aromatic heterocycles. The number of halogens is 4. The summed E-state index contributed by atoms with van der Waals surface area (Å²) < 4.78 is 43.8. The van der Waals surface area contributed by atoms with Crippen molar-refractivity contribution < 1.29 is 17.9 Å². The summed E-state index contributed by atoms with van der Waals surface area (Å²) in [5.74, 6) is -0.272. The Morgan fingerprint density at radius 2 is 1.80 bits per heavy atom. The van der Waals surface area contributed by atoms with Gasteiger partial charge in [0.05, 0.1) is 5.56 Å². The average Bonchev–Trinajstić information content (AvgIpc) is 2.38. The van der Waals surface area contributed by atoms with Gasteiger partial charge in [-0.1, -0.05) is 29.8 Å². The summed E-state index contributed by atoms with van der Waals surface area (Å²) in [4.78, 5) is 0. The number of rotatable bonds is 3. The highest BCUT2D eigenvalue weighted by Crippen LogP contribution is 2.37. The number of nitrogens with two attached hydrogens (primary N) is 1. The second-order valence-corrected chi connectivity index (χ2v) is 4.54. The Kier molecular flexibility index (Phi) is 4.09. The van der Waals surface area contributed by atoms with Crippen LogP contribution in [0.2, 0.25) is 5.02 Å². The maximum atomic E-state index is 12.9. The Hall–Kier alpha value is -1.88. The van der Waals surface area contributed by atoms with Crippen LogP contribution in [-0.4, -0.2) is 0 Å². The minimum Gasteiger partial charge on any atom is -0.488 e. The molecule has 0 aliphatic heterocycles. The van der Waals surface area contributed by atoms with E-state index in [1.54, 1.807) is 24.3 Å². The Bertz CT molecular complexity index is 614. The monoisotopic (exact) mass is 301 g/mol. The molecule has 0 fully saturated rings. The van der Waals surface area contributed by atoms with Crippen molar-refractivity contribution in [1.82, 2.24) is 0 Å². The molecule has 20 heavy (non-hydrogen) atoms. The molecule has 0 bridgehead atoms. The van der Waals surface area contributed by atoms with Crippen LogP contribution in [0.5, 0.6) is 5.75 Å². The Labute approximate surface area is 118 Å². The summed E-state index contributed by atoms with van der Waals surface area (Å²) in [6.45, 7) is -0.0489. The van der Waals surface area contributed by atoms with Crippen molar-refractivity contribution in [3.63, 3.8) is 0 Å². The normalized spacial score (nSPS) is 11.4. The van der Waals surface area contributed by atoms with Crippen LogP contribution in [0.15, 0.2) is 42.5 Å². The lowest BCUT2D eigenvalue weighted by Crippen LogP contribution is -2.09. The molecule has 2 aromatic carbocycles. The van der Waals surface area contributed by atoms with Gasteiger partial charge in [0.25, 0.3) is 0 Å². The van der Waals surface area contributed by atoms with E-state index in [-0.39, 0.29) is 18.0 Å². The molecule has 2 nitrogen and oxygen atoms in total. The van der Waals surface area contributed by atoms with Crippen LogP contribution in [0, 0.1) is 0 Å². The fourth-order valence-electron chi connectivity index (χ4n) is 1.67. The van der Waals surface area contributed by atoms with E-state index in [0.29, 0.717) is 10.6 Å². The zero-order valence-electron chi connectivity index (χ0n) is 10.2. The van der Waals surface area contributed by atoms with Gasteiger partial charge in [-0.15, -0.1) is 0 Å². The van der Waals surface area contributed by atoms with E-state index >= 15 is 0 Å². The summed E-state index contributed by atoms with van der Waals surface area (Å²) in [6.07, 6.45) is -4.52. The number of benzene rings is 2. The van der Waals surface area contributed by atoms with E-state index in [1.165, 1.54) is 12.1 Å². The minimum atomic E-state index is -4.52. The number of hydrogen-bond acceptors (Lipinski definition) is 2. The smallest absolute Gasteiger partial charge is 0.420 e. The SMILES string of the molecule is Nc1ccc(OCc2ccccc2Cl)c(C(F)(F)F)c1. The van der Waals surface area contributed by atoms with Gasteiger partial charge in [-0.05, 0) is 24.3 Å². The first-order valence-corrected chi connectivity index (χ1v) is 6.08. The maximum absolute atomic E-state index is 12.9. The molecule has 106 valence electrons. The lowest BCUT2D eigenvalue weighted by Gasteiger charge is -2.15. The van der Waals surface area contributed by atoms with Crippen molar-refractivity contribution in [1.29, 1.82) is 0 Å². The van der Waals surface area contributed by atoms with Crippen LogP contribution >= 0.6 is 11.6 Å². The standard InChI is InChI=1S/C14H11ClF3NO/c15-12-4-2-1-3-9(12)8-20-13-6-5-10(19)7-11(13)14(16,17)18/h1-7H,8,19H2. The summed E-state index contributed by atoms with van der Waals surface area (Å²) in [5, 5.41) is 0.441. The largest absolute Gasteiger partial charge is 0.488 e. The van der Waals surface area contributed by atoms with E-state index in [1.807, 2.05) is 0 Å². The fraction of sp³-hybridized carbons (Fsp3) is 0.143. The first-order valence-electron chi connectivity index (χ1n) is 5.71. The van der Waals surface area contributed by atoms with Gasteiger partial charge in [0.15, 0.2) is 0 Å². The topological polar surface area (TPSA) is 35.2 Å². The van der Waals surface area contributed by atoms with Crippen molar-refractivity contribution in [2.75, 3.05) is 5.73 Å². The Morgan fingerprint density at radius 1 is 1.10 bits per heavy atom. The van der Waals surface area contributed by atoms with Crippen molar-refractivity contribution in [3.05, 3.63) is 58.6 Å². The van der Waals surface area contributed by atoms with Crippen molar-refractivity contribution in [2.45, 2.75) is 12.8 Å². The summed E-state index contributed by atoms with van der Waals surface area (Å²) >= 11 is 5.92. The molecular weight excluding hydrogens is 291 g/mol. The Morgan fingerprint density at radius 3 is 2.45 bits per heavy atom. The third-order valence-electron chi connectivity index (χ3n) is 2.65. The van der Waals surface area contributed by atoms with Gasteiger partial charge in [0.1, 0.15) is 12.4 Å². The quantitative estimate of drug-likeness (QED) is 0.846. The molecule has 0 aliphatic carbocycles. The van der Waals surface area contributed by atoms with Gasteiger partial charge >= 0.3 is 6.18 Å². The van der Waals surface area contributed by atoms with Gasteiger partial charge in [-0.25, -0.2) is 0 Å². The molecule has 0 radical (unpaired) electrons. The molecule has 0 unspecified atom stereocenters. The van der Waals surface area contributed by atoms with Crippen LogP contribution in [0.3, 0.4) is 0 Å². The molecular formula is C14H11ClF3NO. The second kappa shape index (κ2) is 5.63. The summed E-state index contributed by atoms with van der Waals surface area (Å²) in [5.41, 5.74) is 5.12. The summed E-state index contributed by atoms with van der Waals surface area (Å²) in [7, 11) is 0. The predicted octanol–water partition coefficient (Wildman–Crippen LogP) is 4.52. The number of nitrogen functional groups attached to an aromatic ring is 1. The highest BCUT2D eigenvalue weighted by atomic mass is 35.5. The summed E-state index contributed by atoms with van der Waals surface area (Å²) in [6, 6.07) is 10.2. The molecule has 0 saturated heterocycles. The number of hydrogen-bond donors (Lipinski definition) is 1. The van der Waals surface area contributed by atoms with E-state index in [9.17, 15) is 13.2 Å². The maximum Gasteiger partial charge on any atom is 0.420 e. The minimum absolute atomic E-state index is 0.0300. The van der Waals surface area contributed by atoms with Gasteiger partial charge in [-0.3, -0.25) is 0 Å². The zero-order valence-corrected chi connectivity index (χ0v) is 11.0. The van der Waals surface area contributed by atoms with Crippen molar-refractivity contribution in [2.24, 2.45) is 0 Å². The fourth-order valence-corrected chi connectivity index (χ4v) is 1.86. The van der Waals surface area contributed by atoms with Gasteiger partial charge in [0, 0.05) is 16.3 Å². The van der Waals surface area contributed by atoms with E-state index in [4.69, 9.17) is 22.1 Å². The molecule has 0 spiro atoms. The zero-order chi connectivity index (χ0) is 14.8. The van der Waals surface area contributed by atoms with Gasteiger partial charge in [-0.2, -0.15) is 13.2 Å². The van der Waals surface area contributed by atoms with E-state index in [0.717, 1.165) is 6.07 Å². The molecule has 6 heteroatoms. The Balaban J connectivity index is 2.24. The van der Waals surface area contributed by atoms with Crippen LogP contribution < -0.4 is 10.5 Å². The molecule has 2 rings (SSSR count). The number of ether oxygens (including phenoxy) is 1. The highest BCUT2D eigenvalue weighted by molar-refractivity contribution is 6.31. The van der Waals surface area contributed by atoms with E-state index < -0.39 is 11.7 Å². The third kappa shape index (κ3) is 3.36. The van der Waals surface area contributed by atoms with Crippen LogP contribution in [0.4, 0.5) is 18.9 Å². The highest BCUT2D eigenvalue weighted by Gasteiger charge is 2.34. The number of alkyl halides is 3. The van der Waals surface area contributed by atoms with Crippen LogP contribution in [0.25, 0.3) is 0 Å². The van der Waals surface area contributed by atoms with E-state index in [2.05, 4.69) is 0 Å². The molecule has 0 aliphatic rings. The first kappa shape index (κ1) is 14.5. The lowest BCUT2D eigenvalue weighted by molar-refractivity contribution is -0.139.